The third kappa shape index (κ3) is 7.68. The summed E-state index contributed by atoms with van der Waals surface area (Å²) in [4.78, 5) is 52.7. The van der Waals surface area contributed by atoms with Gasteiger partial charge in [-0.2, -0.15) is 12.6 Å². The lowest BCUT2D eigenvalue weighted by atomic mass is 10.0. The molecule has 10 nitrogen and oxygen atoms in total. The Balaban J connectivity index is 2.02. The third-order valence-corrected chi connectivity index (χ3v) is 5.21. The minimum absolute atomic E-state index is 0.00916. The van der Waals surface area contributed by atoms with Crippen molar-refractivity contribution >= 4 is 47.4 Å². The number of carbonyl (C=O) groups excluding carboxylic acids is 4. The molecule has 186 valence electrons. The van der Waals surface area contributed by atoms with Gasteiger partial charge in [0.1, 0.15) is 23.7 Å². The van der Waals surface area contributed by atoms with Crippen LogP contribution in [0.3, 0.4) is 0 Å². The first kappa shape index (κ1) is 27.0. The van der Waals surface area contributed by atoms with Crippen LogP contribution >= 0.6 is 12.6 Å². The molecule has 34 heavy (non-hydrogen) atoms. The summed E-state index contributed by atoms with van der Waals surface area (Å²) in [5.74, 6) is -1.82. The Kier molecular flexibility index (Phi) is 9.36. The zero-order valence-electron chi connectivity index (χ0n) is 19.9. The van der Waals surface area contributed by atoms with E-state index in [1.807, 2.05) is 24.3 Å². The highest BCUT2D eigenvalue weighted by Gasteiger charge is 2.29. The van der Waals surface area contributed by atoms with Gasteiger partial charge in [-0.15, -0.1) is 0 Å². The zero-order valence-corrected chi connectivity index (χ0v) is 20.8. The lowest BCUT2D eigenvalue weighted by Crippen LogP contribution is -2.56. The summed E-state index contributed by atoms with van der Waals surface area (Å²) in [6, 6.07) is 4.62. The van der Waals surface area contributed by atoms with Crippen LogP contribution in [0.15, 0.2) is 30.5 Å². The van der Waals surface area contributed by atoms with Gasteiger partial charge in [0.25, 0.3) is 0 Å². The van der Waals surface area contributed by atoms with Crippen molar-refractivity contribution in [2.75, 3.05) is 12.9 Å². The van der Waals surface area contributed by atoms with Crippen molar-refractivity contribution in [3.8, 4) is 0 Å². The quantitative estimate of drug-likeness (QED) is 0.267. The van der Waals surface area contributed by atoms with Crippen molar-refractivity contribution in [2.45, 2.75) is 57.8 Å². The number of benzene rings is 1. The number of hydrogen-bond donors (Lipinski definition) is 5. The number of H-pyrrole nitrogens is 1. The lowest BCUT2D eigenvalue weighted by Gasteiger charge is -2.24. The zero-order chi connectivity index (χ0) is 25.5. The standard InChI is InChI=1S/C23H32N4O6S/c1-13(25-20(29)18(12-34)27-22(31)33-23(2,3)4)19(28)26-17(21(30)32-5)10-14-11-24-16-9-7-6-8-15(14)16/h6-9,11,13,17-18,24,34H,10,12H2,1-5H3,(H,25,29)(H,26,28)(H,27,31)/t13-,17+,18-/m0/s1. The number of thiol groups is 1. The molecule has 0 fully saturated rings. The van der Waals surface area contributed by atoms with Gasteiger partial charge in [0, 0.05) is 29.3 Å². The van der Waals surface area contributed by atoms with Gasteiger partial charge in [0.05, 0.1) is 7.11 Å². The summed E-state index contributed by atoms with van der Waals surface area (Å²) in [7, 11) is 1.24. The van der Waals surface area contributed by atoms with Crippen molar-refractivity contribution in [2.24, 2.45) is 0 Å². The maximum atomic E-state index is 12.7. The molecule has 1 heterocycles. The van der Waals surface area contributed by atoms with Crippen LogP contribution in [0, 0.1) is 0 Å². The molecule has 2 aromatic rings. The number of fused-ring (bicyclic) bond motifs is 1. The fraction of sp³-hybridized carbons (Fsp3) is 0.478. The molecule has 0 unspecified atom stereocenters. The third-order valence-electron chi connectivity index (χ3n) is 4.84. The molecule has 0 spiro atoms. The molecule has 0 bridgehead atoms. The van der Waals surface area contributed by atoms with Crippen LogP contribution in [-0.2, 0) is 30.3 Å². The molecule has 0 aliphatic carbocycles. The van der Waals surface area contributed by atoms with Crippen molar-refractivity contribution < 1.29 is 28.7 Å². The van der Waals surface area contributed by atoms with E-state index < -0.39 is 47.6 Å². The van der Waals surface area contributed by atoms with Crippen LogP contribution in [-0.4, -0.2) is 65.5 Å². The van der Waals surface area contributed by atoms with E-state index in [4.69, 9.17) is 9.47 Å². The second-order valence-corrected chi connectivity index (χ2v) is 9.12. The van der Waals surface area contributed by atoms with Gasteiger partial charge in [-0.1, -0.05) is 18.2 Å². The number of esters is 1. The number of carbonyl (C=O) groups is 4. The predicted molar refractivity (Wildman–Crippen MR) is 131 cm³/mol. The van der Waals surface area contributed by atoms with Gasteiger partial charge in [0.15, 0.2) is 0 Å². The molecule has 0 saturated carbocycles. The average molecular weight is 493 g/mol. The van der Waals surface area contributed by atoms with Crippen LogP contribution in [0.25, 0.3) is 10.9 Å². The maximum Gasteiger partial charge on any atom is 0.408 e. The first-order valence-corrected chi connectivity index (χ1v) is 11.4. The topological polar surface area (TPSA) is 139 Å². The van der Waals surface area contributed by atoms with Crippen LogP contribution in [0.5, 0.6) is 0 Å². The number of ether oxygens (including phenoxy) is 2. The van der Waals surface area contributed by atoms with Crippen LogP contribution in [0.1, 0.15) is 33.3 Å². The molecular weight excluding hydrogens is 460 g/mol. The summed E-state index contributed by atoms with van der Waals surface area (Å²) in [5, 5.41) is 8.50. The largest absolute Gasteiger partial charge is 0.467 e. The van der Waals surface area contributed by atoms with Crippen LogP contribution < -0.4 is 16.0 Å². The Hall–Kier alpha value is -3.21. The predicted octanol–water partition coefficient (Wildman–Crippen LogP) is 1.70. The smallest absolute Gasteiger partial charge is 0.408 e. The number of methoxy groups -OCH3 is 1. The van der Waals surface area contributed by atoms with Gasteiger partial charge in [-0.05, 0) is 39.3 Å². The Labute approximate surface area is 203 Å². The number of amides is 3. The number of nitrogens with one attached hydrogen (secondary N) is 4. The van der Waals surface area contributed by atoms with E-state index in [0.29, 0.717) is 0 Å². The van der Waals surface area contributed by atoms with E-state index >= 15 is 0 Å². The first-order valence-electron chi connectivity index (χ1n) is 10.8. The fourth-order valence-electron chi connectivity index (χ4n) is 3.18. The van der Waals surface area contributed by atoms with Gasteiger partial charge in [-0.25, -0.2) is 9.59 Å². The molecule has 11 heteroatoms. The van der Waals surface area contributed by atoms with E-state index in [2.05, 4.69) is 33.6 Å². The number of aromatic amines is 1. The summed E-state index contributed by atoms with van der Waals surface area (Å²) in [6.45, 7) is 6.56. The second kappa shape index (κ2) is 11.8. The number of rotatable bonds is 9. The Bertz CT molecular complexity index is 1030. The lowest BCUT2D eigenvalue weighted by molar-refractivity contribution is -0.145. The van der Waals surface area contributed by atoms with Crippen molar-refractivity contribution in [3.63, 3.8) is 0 Å². The molecule has 0 saturated heterocycles. The number of alkyl carbamates (subject to hydrolysis) is 1. The number of para-hydroxylation sites is 1. The normalized spacial score (nSPS) is 13.9. The monoisotopic (exact) mass is 492 g/mol. The second-order valence-electron chi connectivity index (χ2n) is 8.76. The summed E-state index contributed by atoms with van der Waals surface area (Å²) in [6.07, 6.45) is 1.20. The molecule has 3 atom stereocenters. The highest BCUT2D eigenvalue weighted by atomic mass is 32.1. The van der Waals surface area contributed by atoms with E-state index in [1.54, 1.807) is 27.0 Å². The van der Waals surface area contributed by atoms with Gasteiger partial charge in [0.2, 0.25) is 11.8 Å². The average Bonchev–Trinajstić information content (AvgIpc) is 3.17. The fourth-order valence-corrected chi connectivity index (χ4v) is 3.43. The minimum atomic E-state index is -1.02. The molecule has 1 aromatic heterocycles. The van der Waals surface area contributed by atoms with Crippen molar-refractivity contribution in [3.05, 3.63) is 36.0 Å². The highest BCUT2D eigenvalue weighted by Crippen LogP contribution is 2.19. The maximum absolute atomic E-state index is 12.7. The highest BCUT2D eigenvalue weighted by molar-refractivity contribution is 7.80. The van der Waals surface area contributed by atoms with Crippen molar-refractivity contribution in [1.29, 1.82) is 0 Å². The SMILES string of the molecule is COC(=O)[C@@H](Cc1c[nH]c2ccccc12)NC(=O)[C@H](C)NC(=O)[C@H](CS)NC(=O)OC(C)(C)C. The Morgan fingerprint density at radius 2 is 1.71 bits per heavy atom. The summed E-state index contributed by atoms with van der Waals surface area (Å²) in [5.41, 5.74) is 1.01. The van der Waals surface area contributed by atoms with E-state index in [0.717, 1.165) is 16.5 Å². The molecule has 0 aliphatic heterocycles. The molecule has 1 aromatic carbocycles. The Morgan fingerprint density at radius 1 is 1.03 bits per heavy atom. The first-order chi connectivity index (χ1) is 15.9. The molecular formula is C23H32N4O6S. The van der Waals surface area contributed by atoms with Gasteiger partial charge in [-0.3, -0.25) is 9.59 Å². The summed E-state index contributed by atoms with van der Waals surface area (Å²) >= 11 is 4.09. The Morgan fingerprint density at radius 3 is 2.32 bits per heavy atom. The van der Waals surface area contributed by atoms with Crippen molar-refractivity contribution in [1.82, 2.24) is 20.9 Å². The van der Waals surface area contributed by atoms with Gasteiger partial charge < -0.3 is 30.4 Å². The van der Waals surface area contributed by atoms with Crippen LogP contribution in [0.4, 0.5) is 4.79 Å². The molecule has 0 aliphatic rings. The minimum Gasteiger partial charge on any atom is -0.467 e. The van der Waals surface area contributed by atoms with Gasteiger partial charge >= 0.3 is 12.1 Å². The van der Waals surface area contributed by atoms with E-state index in [-0.39, 0.29) is 12.2 Å². The molecule has 0 radical (unpaired) electrons. The molecule has 4 N–H and O–H groups in total. The molecule has 3 amide bonds. The molecule has 2 rings (SSSR count). The van der Waals surface area contributed by atoms with E-state index in [1.165, 1.54) is 14.0 Å². The summed E-state index contributed by atoms with van der Waals surface area (Å²) < 4.78 is 10.00. The number of hydrogen-bond acceptors (Lipinski definition) is 7. The number of aromatic nitrogens is 1. The van der Waals surface area contributed by atoms with Crippen LogP contribution in [0.2, 0.25) is 0 Å². The van der Waals surface area contributed by atoms with E-state index in [9.17, 15) is 19.2 Å².